The van der Waals surface area contributed by atoms with Gasteiger partial charge >= 0.3 is 6.09 Å². The average Bonchev–Trinajstić information content (AvgIpc) is 3.56. The molecule has 2 bridgehead atoms. The summed E-state index contributed by atoms with van der Waals surface area (Å²) in [4.78, 5) is 44.7. The van der Waals surface area contributed by atoms with Crippen LogP contribution in [0, 0.1) is 16.7 Å². The number of nitrogens with zero attached hydrogens (tertiary/aromatic N) is 4. The summed E-state index contributed by atoms with van der Waals surface area (Å²) in [6, 6.07) is 10.4. The van der Waals surface area contributed by atoms with Crippen LogP contribution in [0.25, 0.3) is 0 Å². The normalized spacial score (nSPS) is 32.2. The molecule has 3 aliphatic carbocycles. The number of halogens is 1. The molecule has 9 nitrogen and oxygen atoms in total. The van der Waals surface area contributed by atoms with Crippen LogP contribution >= 0.6 is 0 Å². The predicted octanol–water partition coefficient (Wildman–Crippen LogP) is 2.77. The van der Waals surface area contributed by atoms with Crippen LogP contribution in [-0.2, 0) is 20.9 Å². The van der Waals surface area contributed by atoms with E-state index in [1.165, 1.54) is 9.80 Å². The van der Waals surface area contributed by atoms with E-state index in [4.69, 9.17) is 4.74 Å². The zero-order valence-corrected chi connectivity index (χ0v) is 21.6. The van der Waals surface area contributed by atoms with Gasteiger partial charge in [-0.3, -0.25) is 14.5 Å². The average molecular weight is 527 g/mol. The van der Waals surface area contributed by atoms with Crippen molar-refractivity contribution in [2.24, 2.45) is 5.41 Å². The smallest absolute Gasteiger partial charge is 0.411 e. The highest BCUT2D eigenvalue weighted by Crippen LogP contribution is 2.55. The summed E-state index contributed by atoms with van der Waals surface area (Å²) >= 11 is 0. The Balaban J connectivity index is 1.33. The Morgan fingerprint density at radius 2 is 1.79 bits per heavy atom. The molecule has 38 heavy (non-hydrogen) atoms. The molecule has 204 valence electrons. The van der Waals surface area contributed by atoms with E-state index in [1.54, 1.807) is 4.90 Å². The summed E-state index contributed by atoms with van der Waals surface area (Å²) in [6.07, 6.45) is 1.63. The number of amides is 3. The Bertz CT molecular complexity index is 1080. The minimum atomic E-state index is -1.26. The molecule has 6 rings (SSSR count). The highest BCUT2D eigenvalue weighted by molar-refractivity contribution is 5.85. The number of carbonyl (C=O) groups excluding carboxylic acids is 3. The van der Waals surface area contributed by atoms with Crippen LogP contribution in [0.5, 0.6) is 0 Å². The monoisotopic (exact) mass is 526 g/mol. The van der Waals surface area contributed by atoms with E-state index in [2.05, 4.69) is 0 Å². The second-order valence-corrected chi connectivity index (χ2v) is 11.3. The zero-order valence-electron chi connectivity index (χ0n) is 21.6. The summed E-state index contributed by atoms with van der Waals surface area (Å²) in [5.41, 5.74) is -0.330. The third kappa shape index (κ3) is 4.96. The third-order valence-electron chi connectivity index (χ3n) is 9.12. The van der Waals surface area contributed by atoms with Crippen LogP contribution in [0.1, 0.15) is 56.9 Å². The van der Waals surface area contributed by atoms with Gasteiger partial charge in [0.05, 0.1) is 18.7 Å². The SMILES string of the molecule is N#C[C@H]1C[C@@H](F)CN1C(=O)CN(C(=O)OCc1ccccc1)C12CCC(C(=O)N3CCC(O)C3)(CC1)CC2. The lowest BCUT2D eigenvalue weighted by Gasteiger charge is -2.56. The number of rotatable bonds is 6. The second kappa shape index (κ2) is 10.5. The highest BCUT2D eigenvalue weighted by atomic mass is 19.1. The molecular formula is C28H35FN4O5. The Kier molecular flexibility index (Phi) is 7.32. The summed E-state index contributed by atoms with van der Waals surface area (Å²) < 4.78 is 19.7. The van der Waals surface area contributed by atoms with Crippen molar-refractivity contribution in [2.45, 2.75) is 81.8 Å². The molecule has 0 aromatic heterocycles. The molecule has 1 aromatic rings. The Hall–Kier alpha value is -3.19. The highest BCUT2D eigenvalue weighted by Gasteiger charge is 2.57. The van der Waals surface area contributed by atoms with Crippen molar-refractivity contribution in [3.8, 4) is 6.07 Å². The summed E-state index contributed by atoms with van der Waals surface area (Å²) in [6.45, 7) is 0.527. The van der Waals surface area contributed by atoms with Crippen LogP contribution in [0.2, 0.25) is 0 Å². The predicted molar refractivity (Wildman–Crippen MR) is 134 cm³/mol. The van der Waals surface area contributed by atoms with Crippen molar-refractivity contribution in [2.75, 3.05) is 26.2 Å². The van der Waals surface area contributed by atoms with Crippen molar-refractivity contribution < 1.29 is 28.6 Å². The first-order chi connectivity index (χ1) is 18.2. The van der Waals surface area contributed by atoms with Gasteiger partial charge in [0.25, 0.3) is 0 Å². The quantitative estimate of drug-likeness (QED) is 0.610. The number of nitriles is 1. The van der Waals surface area contributed by atoms with Crippen LogP contribution in [0.15, 0.2) is 30.3 Å². The lowest BCUT2D eigenvalue weighted by Crippen LogP contribution is -2.63. The molecule has 3 saturated carbocycles. The van der Waals surface area contributed by atoms with E-state index in [1.807, 2.05) is 36.4 Å². The standard InChI is InChI=1S/C28H35FN4O5/c29-21-14-22(15-30)32(16-21)24(35)18-33(26(37)38-19-20-4-2-1-3-5-20)28-10-7-27(8-11-28,9-12-28)25(36)31-13-6-23(34)17-31/h1-5,21-23,34H,6-14,16-19H2/t21-,22-,23?,27?,28?/m1/s1. The van der Waals surface area contributed by atoms with E-state index < -0.39 is 41.3 Å². The van der Waals surface area contributed by atoms with Crippen molar-refractivity contribution in [1.29, 1.82) is 5.26 Å². The first-order valence-electron chi connectivity index (χ1n) is 13.5. The fraction of sp³-hybridized carbons (Fsp3) is 0.643. The van der Waals surface area contributed by atoms with Gasteiger partial charge in [-0.2, -0.15) is 5.26 Å². The van der Waals surface area contributed by atoms with Gasteiger partial charge in [0.1, 0.15) is 25.4 Å². The number of β-amino-alcohol motifs (C(OH)–C–C–N with tert-alkyl or cyclic N) is 1. The fourth-order valence-electron chi connectivity index (χ4n) is 6.79. The molecule has 0 radical (unpaired) electrons. The second-order valence-electron chi connectivity index (χ2n) is 11.3. The van der Waals surface area contributed by atoms with Gasteiger partial charge in [-0.25, -0.2) is 9.18 Å². The number of hydrogen-bond acceptors (Lipinski definition) is 6. The molecule has 2 heterocycles. The maximum Gasteiger partial charge on any atom is 0.411 e. The maximum absolute atomic E-state index is 14.0. The molecule has 0 spiro atoms. The Morgan fingerprint density at radius 1 is 1.11 bits per heavy atom. The number of benzene rings is 1. The fourth-order valence-corrected chi connectivity index (χ4v) is 6.79. The number of hydrogen-bond donors (Lipinski definition) is 1. The number of likely N-dealkylation sites (tertiary alicyclic amines) is 2. The van der Waals surface area contributed by atoms with Gasteiger partial charge in [0.15, 0.2) is 0 Å². The molecule has 3 atom stereocenters. The van der Waals surface area contributed by atoms with E-state index in [-0.39, 0.29) is 32.0 Å². The van der Waals surface area contributed by atoms with E-state index in [0.29, 0.717) is 58.0 Å². The van der Waals surface area contributed by atoms with Crippen molar-refractivity contribution >= 4 is 17.9 Å². The molecule has 3 amide bonds. The molecule has 1 unspecified atom stereocenters. The summed E-state index contributed by atoms with van der Waals surface area (Å²) in [5.74, 6) is -0.383. The van der Waals surface area contributed by atoms with Crippen molar-refractivity contribution in [1.82, 2.24) is 14.7 Å². The number of aliphatic hydroxyl groups excluding tert-OH is 1. The van der Waals surface area contributed by atoms with Crippen molar-refractivity contribution in [3.63, 3.8) is 0 Å². The first kappa shape index (κ1) is 26.4. The topological polar surface area (TPSA) is 114 Å². The molecule has 5 aliphatic rings. The van der Waals surface area contributed by atoms with E-state index in [9.17, 15) is 29.1 Å². The van der Waals surface area contributed by atoms with Crippen LogP contribution < -0.4 is 0 Å². The summed E-state index contributed by atoms with van der Waals surface area (Å²) in [7, 11) is 0. The van der Waals surface area contributed by atoms with Gasteiger partial charge < -0.3 is 19.6 Å². The first-order valence-corrected chi connectivity index (χ1v) is 13.5. The van der Waals surface area contributed by atoms with Crippen LogP contribution in [-0.4, -0.2) is 87.7 Å². The Morgan fingerprint density at radius 3 is 2.39 bits per heavy atom. The van der Waals surface area contributed by atoms with Gasteiger partial charge in [-0.15, -0.1) is 0 Å². The van der Waals surface area contributed by atoms with E-state index >= 15 is 0 Å². The molecule has 10 heteroatoms. The molecule has 2 aliphatic heterocycles. The zero-order chi connectivity index (χ0) is 26.9. The molecule has 1 N–H and O–H groups in total. The number of aliphatic hydroxyl groups is 1. The van der Waals surface area contributed by atoms with Crippen LogP contribution in [0.4, 0.5) is 9.18 Å². The van der Waals surface area contributed by atoms with Crippen LogP contribution in [0.3, 0.4) is 0 Å². The molecule has 1 aromatic carbocycles. The van der Waals surface area contributed by atoms with Gasteiger partial charge in [-0.1, -0.05) is 30.3 Å². The minimum absolute atomic E-state index is 0.0261. The lowest BCUT2D eigenvalue weighted by molar-refractivity contribution is -0.153. The molecular weight excluding hydrogens is 491 g/mol. The minimum Gasteiger partial charge on any atom is -0.445 e. The van der Waals surface area contributed by atoms with Gasteiger partial charge in [-0.05, 0) is 50.5 Å². The summed E-state index contributed by atoms with van der Waals surface area (Å²) in [5, 5.41) is 19.3. The van der Waals surface area contributed by atoms with E-state index in [0.717, 1.165) is 5.56 Å². The molecule has 2 saturated heterocycles. The number of carbonyl (C=O) groups is 3. The number of fused-ring (bicyclic) bond motifs is 3. The number of alkyl halides is 1. The lowest BCUT2D eigenvalue weighted by atomic mass is 9.56. The Labute approximate surface area is 222 Å². The molecule has 5 fully saturated rings. The number of ether oxygens (including phenoxy) is 1. The van der Waals surface area contributed by atoms with Gasteiger partial charge in [0, 0.05) is 30.5 Å². The third-order valence-corrected chi connectivity index (χ3v) is 9.12. The van der Waals surface area contributed by atoms with Gasteiger partial charge in [0.2, 0.25) is 11.8 Å². The maximum atomic E-state index is 14.0. The van der Waals surface area contributed by atoms with Crippen molar-refractivity contribution in [3.05, 3.63) is 35.9 Å². The largest absolute Gasteiger partial charge is 0.445 e.